The number of aromatic hydroxyl groups is 5. The van der Waals surface area contributed by atoms with Crippen LogP contribution in [-0.4, -0.2) is 30.1 Å². The maximum absolute atomic E-state index is 10.9. The highest BCUT2D eigenvalue weighted by Crippen LogP contribution is 2.54. The molecule has 0 spiro atoms. The molecule has 11 rings (SSSR count). The van der Waals surface area contributed by atoms with E-state index in [1.807, 2.05) is 42.5 Å². The Bertz CT molecular complexity index is 3460. The molecule has 0 radical (unpaired) electrons. The normalized spacial score (nSPS) is 11.6. The smallest absolute Gasteiger partial charge is 0.208 e. The zero-order valence-electron chi connectivity index (χ0n) is 32.5. The van der Waals surface area contributed by atoms with Crippen molar-refractivity contribution >= 4 is 71.2 Å². The third-order valence-electron chi connectivity index (χ3n) is 11.9. The minimum Gasteiger partial charge on any atom is -0.503 e. The van der Waals surface area contributed by atoms with Crippen LogP contribution < -0.4 is 4.90 Å². The molecule has 7 heteroatoms. The Labute approximate surface area is 349 Å². The molecule has 0 bridgehead atoms. The van der Waals surface area contributed by atoms with Gasteiger partial charge in [0.1, 0.15) is 5.69 Å². The molecule has 1 aromatic heterocycles. The Kier molecular flexibility index (Phi) is 8.12. The van der Waals surface area contributed by atoms with Gasteiger partial charge in [0, 0.05) is 27.8 Å². The zero-order valence-corrected chi connectivity index (χ0v) is 32.5. The lowest BCUT2D eigenvalue weighted by atomic mass is 9.94. The first-order valence-corrected chi connectivity index (χ1v) is 20.0. The number of fused-ring (bicyclic) bond motifs is 9. The topological polar surface area (TPSA) is 109 Å². The average molecular weight is 793 g/mol. The van der Waals surface area contributed by atoms with Crippen LogP contribution in [0.1, 0.15) is 0 Å². The number of hydrogen-bond acceptors (Lipinski definition) is 6. The maximum Gasteiger partial charge on any atom is 0.208 e. The first kappa shape index (κ1) is 35.7. The van der Waals surface area contributed by atoms with Crippen LogP contribution in [0.15, 0.2) is 188 Å². The van der Waals surface area contributed by atoms with Crippen molar-refractivity contribution in [2.45, 2.75) is 0 Å². The fraction of sp³-hybridized carbons (Fsp3) is 0. The van der Waals surface area contributed by atoms with E-state index in [0.717, 1.165) is 50.1 Å². The van der Waals surface area contributed by atoms with Gasteiger partial charge < -0.3 is 35.0 Å². The van der Waals surface area contributed by atoms with E-state index in [2.05, 4.69) is 150 Å². The number of benzene rings is 10. The maximum atomic E-state index is 10.9. The van der Waals surface area contributed by atoms with E-state index in [4.69, 9.17) is 0 Å². The number of rotatable bonds is 6. The van der Waals surface area contributed by atoms with Crippen molar-refractivity contribution in [3.8, 4) is 56.7 Å². The number of hydrogen-bond donors (Lipinski definition) is 5. The van der Waals surface area contributed by atoms with Gasteiger partial charge in [-0.2, -0.15) is 0 Å². The monoisotopic (exact) mass is 792 g/mol. The van der Waals surface area contributed by atoms with Crippen molar-refractivity contribution in [3.63, 3.8) is 0 Å². The van der Waals surface area contributed by atoms with E-state index in [0.29, 0.717) is 11.0 Å². The van der Waals surface area contributed by atoms with Crippen molar-refractivity contribution in [2.75, 3.05) is 4.90 Å². The highest BCUT2D eigenvalue weighted by atomic mass is 16.4. The highest BCUT2D eigenvalue weighted by molar-refractivity contribution is 6.25. The molecule has 7 nitrogen and oxygen atoms in total. The summed E-state index contributed by atoms with van der Waals surface area (Å²) < 4.78 is 1.57. The molecular formula is C54H36N2O5. The molecule has 0 saturated carbocycles. The molecule has 0 aliphatic heterocycles. The van der Waals surface area contributed by atoms with Crippen LogP contribution in [0.25, 0.3) is 82.1 Å². The molecule has 0 atom stereocenters. The summed E-state index contributed by atoms with van der Waals surface area (Å²) in [6.07, 6.45) is 0. The van der Waals surface area contributed by atoms with Gasteiger partial charge in [0.05, 0.1) is 11.0 Å². The van der Waals surface area contributed by atoms with Gasteiger partial charge in [-0.3, -0.25) is 0 Å². The molecule has 0 amide bonds. The highest BCUT2D eigenvalue weighted by Gasteiger charge is 2.27. The van der Waals surface area contributed by atoms with Crippen molar-refractivity contribution in [1.29, 1.82) is 0 Å². The van der Waals surface area contributed by atoms with Crippen molar-refractivity contribution in [1.82, 2.24) is 4.57 Å². The molecule has 0 unspecified atom stereocenters. The summed E-state index contributed by atoms with van der Waals surface area (Å²) in [4.78, 5) is 2.29. The van der Waals surface area contributed by atoms with E-state index in [9.17, 15) is 25.5 Å². The lowest BCUT2D eigenvalue weighted by Gasteiger charge is -2.26. The van der Waals surface area contributed by atoms with Gasteiger partial charge >= 0.3 is 0 Å². The largest absolute Gasteiger partial charge is 0.503 e. The molecule has 11 aromatic rings. The van der Waals surface area contributed by atoms with Gasteiger partial charge in [-0.25, -0.2) is 0 Å². The molecule has 10 aromatic carbocycles. The van der Waals surface area contributed by atoms with E-state index in [1.165, 1.54) is 32.3 Å². The second-order valence-electron chi connectivity index (χ2n) is 15.3. The van der Waals surface area contributed by atoms with Crippen molar-refractivity contribution in [3.05, 3.63) is 188 Å². The van der Waals surface area contributed by atoms with E-state index in [-0.39, 0.29) is 5.69 Å². The summed E-state index contributed by atoms with van der Waals surface area (Å²) in [5.41, 5.74) is 8.21. The van der Waals surface area contributed by atoms with Gasteiger partial charge in [-0.1, -0.05) is 133 Å². The summed E-state index contributed by atoms with van der Waals surface area (Å²) in [6.45, 7) is 0. The number of anilines is 3. The van der Waals surface area contributed by atoms with E-state index >= 15 is 0 Å². The quantitative estimate of drug-likeness (QED) is 0.0652. The SMILES string of the molecule is Oc1c(O)c(O)c(-n2c3ccccc3c3cc(-c4ccc(N(c5ccc(-c6ccccc6)cc5)c5ccc6c7ccccc7c7ccccc7c6c5)cc4)ccc32)c(O)c1O. The minimum absolute atomic E-state index is 0.247. The fourth-order valence-corrected chi connectivity index (χ4v) is 9.00. The number of nitrogens with zero attached hydrogens (tertiary/aromatic N) is 2. The summed E-state index contributed by atoms with van der Waals surface area (Å²) in [5, 5.41) is 61.8. The summed E-state index contributed by atoms with van der Waals surface area (Å²) in [6, 6.07) is 64.9. The molecule has 0 aliphatic rings. The molecule has 0 saturated heterocycles. The Balaban J connectivity index is 1.05. The summed E-state index contributed by atoms with van der Waals surface area (Å²) >= 11 is 0. The molecule has 0 fully saturated rings. The Morgan fingerprint density at radius 2 is 0.689 bits per heavy atom. The second kappa shape index (κ2) is 13.9. The third kappa shape index (κ3) is 5.59. The predicted molar refractivity (Wildman–Crippen MR) is 247 cm³/mol. The number of phenolic OH excluding ortho intramolecular Hbond substituents is 5. The molecule has 292 valence electrons. The van der Waals surface area contributed by atoms with Gasteiger partial charge in [0.15, 0.2) is 11.5 Å². The Morgan fingerprint density at radius 3 is 1.28 bits per heavy atom. The lowest BCUT2D eigenvalue weighted by Crippen LogP contribution is -2.10. The predicted octanol–water partition coefficient (Wildman–Crippen LogP) is 13.6. The van der Waals surface area contributed by atoms with E-state index < -0.39 is 28.7 Å². The van der Waals surface area contributed by atoms with Crippen molar-refractivity contribution in [2.24, 2.45) is 0 Å². The molecule has 0 aliphatic carbocycles. The van der Waals surface area contributed by atoms with Crippen LogP contribution in [0.5, 0.6) is 28.7 Å². The standard InChI is InChI=1S/C54H36N2O5/c57-50-49(51(58)53(60)54(61)52(50)59)56-47-17-9-8-16-44(47)46-30-35(22-29-48(46)56)34-20-25-37(26-21-34)55(36-23-18-33(19-24-36)32-10-2-1-3-11-32)38-27-28-43-41-14-5-4-12-39(41)40-13-6-7-15-42(40)45(43)31-38/h1-31,57-61H. The van der Waals surface area contributed by atoms with Crippen molar-refractivity contribution < 1.29 is 25.5 Å². The lowest BCUT2D eigenvalue weighted by molar-refractivity contribution is 0.327. The van der Waals surface area contributed by atoms with Crippen LogP contribution in [-0.2, 0) is 0 Å². The van der Waals surface area contributed by atoms with Crippen LogP contribution in [0.3, 0.4) is 0 Å². The fourth-order valence-electron chi connectivity index (χ4n) is 9.00. The molecule has 61 heavy (non-hydrogen) atoms. The average Bonchev–Trinajstić information content (AvgIpc) is 3.64. The Morgan fingerprint density at radius 1 is 0.279 bits per heavy atom. The van der Waals surface area contributed by atoms with Gasteiger partial charge in [-0.15, -0.1) is 0 Å². The molecule has 5 N–H and O–H groups in total. The van der Waals surface area contributed by atoms with Crippen LogP contribution >= 0.6 is 0 Å². The van der Waals surface area contributed by atoms with Crippen LogP contribution in [0, 0.1) is 0 Å². The molecular weight excluding hydrogens is 757 g/mol. The first-order valence-electron chi connectivity index (χ1n) is 20.0. The van der Waals surface area contributed by atoms with Gasteiger partial charge in [0.2, 0.25) is 17.2 Å². The molecule has 1 heterocycles. The number of phenols is 5. The van der Waals surface area contributed by atoms with Crippen LogP contribution in [0.4, 0.5) is 17.1 Å². The third-order valence-corrected chi connectivity index (χ3v) is 11.9. The minimum atomic E-state index is -1.00. The van der Waals surface area contributed by atoms with Gasteiger partial charge in [0.25, 0.3) is 0 Å². The van der Waals surface area contributed by atoms with Crippen LogP contribution in [0.2, 0.25) is 0 Å². The van der Waals surface area contributed by atoms with Gasteiger partial charge in [-0.05, 0) is 109 Å². The Hall–Kier alpha value is -8.42. The summed E-state index contributed by atoms with van der Waals surface area (Å²) in [5.74, 6) is -4.39. The number of para-hydroxylation sites is 1. The summed E-state index contributed by atoms with van der Waals surface area (Å²) in [7, 11) is 0. The number of aromatic nitrogens is 1. The zero-order chi connectivity index (χ0) is 41.4. The van der Waals surface area contributed by atoms with E-state index in [1.54, 1.807) is 4.57 Å². The second-order valence-corrected chi connectivity index (χ2v) is 15.3. The first-order chi connectivity index (χ1) is 29.9.